The molecule has 30 heavy (non-hydrogen) atoms. The highest BCUT2D eigenvalue weighted by Gasteiger charge is 2.30. The first-order chi connectivity index (χ1) is 14.0. The van der Waals surface area contributed by atoms with E-state index in [0.29, 0.717) is 12.1 Å². The van der Waals surface area contributed by atoms with Crippen LogP contribution in [0.3, 0.4) is 0 Å². The van der Waals surface area contributed by atoms with Crippen molar-refractivity contribution in [3.05, 3.63) is 59.7 Å². The van der Waals surface area contributed by atoms with E-state index in [1.165, 1.54) is 16.9 Å². The first-order valence-corrected chi connectivity index (χ1v) is 10.3. The van der Waals surface area contributed by atoms with Gasteiger partial charge in [0, 0.05) is 11.3 Å². The van der Waals surface area contributed by atoms with Crippen LogP contribution in [0.2, 0.25) is 0 Å². The lowest BCUT2D eigenvalue weighted by molar-refractivity contribution is -0.121. The number of rotatable bonds is 8. The number of anilines is 1. The Bertz CT molecular complexity index is 1020. The van der Waals surface area contributed by atoms with Gasteiger partial charge in [0.25, 0.3) is 5.91 Å². The van der Waals surface area contributed by atoms with Gasteiger partial charge in [0.1, 0.15) is 6.54 Å². The number of amides is 2. The Morgan fingerprint density at radius 1 is 1.03 bits per heavy atom. The van der Waals surface area contributed by atoms with E-state index in [9.17, 15) is 31.2 Å². The largest absolute Gasteiger partial charge is 0.402 e. The molecule has 11 heteroatoms. The average molecular weight is 443 g/mol. The van der Waals surface area contributed by atoms with Gasteiger partial charge in [-0.15, -0.1) is 0 Å². The van der Waals surface area contributed by atoms with Crippen LogP contribution in [0.1, 0.15) is 22.8 Å². The van der Waals surface area contributed by atoms with Crippen molar-refractivity contribution < 1.29 is 31.2 Å². The average Bonchev–Trinajstić information content (AvgIpc) is 2.70. The second kappa shape index (κ2) is 9.72. The zero-order valence-corrected chi connectivity index (χ0v) is 16.7. The molecule has 3 N–H and O–H groups in total. The zero-order valence-electron chi connectivity index (χ0n) is 15.9. The molecular formula is C19H20F3N3O4S. The van der Waals surface area contributed by atoms with Gasteiger partial charge in [0.05, 0.1) is 11.4 Å². The molecule has 2 amide bonds. The molecule has 0 spiro atoms. The van der Waals surface area contributed by atoms with E-state index in [4.69, 9.17) is 0 Å². The number of para-hydroxylation sites is 1. The Morgan fingerprint density at radius 2 is 1.73 bits per heavy atom. The number of hydrogen-bond acceptors (Lipinski definition) is 4. The number of halogens is 3. The monoisotopic (exact) mass is 443 g/mol. The van der Waals surface area contributed by atoms with E-state index in [2.05, 4.69) is 10.6 Å². The summed E-state index contributed by atoms with van der Waals surface area (Å²) in [6.45, 7) is -0.178. The van der Waals surface area contributed by atoms with Gasteiger partial charge in [-0.05, 0) is 36.2 Å². The van der Waals surface area contributed by atoms with Gasteiger partial charge in [0.15, 0.2) is 0 Å². The molecule has 0 fully saturated rings. The minimum Gasteiger partial charge on any atom is -0.343 e. The van der Waals surface area contributed by atoms with Crippen LogP contribution in [0.25, 0.3) is 0 Å². The number of sulfonamides is 1. The van der Waals surface area contributed by atoms with Crippen molar-refractivity contribution in [1.29, 1.82) is 0 Å². The van der Waals surface area contributed by atoms with Crippen LogP contribution in [0.15, 0.2) is 53.4 Å². The van der Waals surface area contributed by atoms with Crippen molar-refractivity contribution >= 4 is 27.5 Å². The topological polar surface area (TPSA) is 104 Å². The predicted molar refractivity (Wildman–Crippen MR) is 104 cm³/mol. The highest BCUT2D eigenvalue weighted by Crippen LogP contribution is 2.17. The smallest absolute Gasteiger partial charge is 0.343 e. The summed E-state index contributed by atoms with van der Waals surface area (Å²) >= 11 is 0. The molecular weight excluding hydrogens is 423 g/mol. The Labute approximate surface area is 171 Å². The van der Waals surface area contributed by atoms with E-state index in [1.54, 1.807) is 12.1 Å². The van der Waals surface area contributed by atoms with Crippen LogP contribution in [0.5, 0.6) is 0 Å². The first kappa shape index (κ1) is 23.4. The molecule has 162 valence electrons. The summed E-state index contributed by atoms with van der Waals surface area (Å²) < 4.78 is 62.2. The molecule has 7 nitrogen and oxygen atoms in total. The lowest BCUT2D eigenvalue weighted by Gasteiger charge is -2.11. The van der Waals surface area contributed by atoms with Crippen LogP contribution < -0.4 is 15.4 Å². The van der Waals surface area contributed by atoms with E-state index in [-0.39, 0.29) is 12.1 Å². The maximum absolute atomic E-state index is 12.3. The highest BCUT2D eigenvalue weighted by atomic mass is 32.2. The van der Waals surface area contributed by atoms with E-state index >= 15 is 0 Å². The van der Waals surface area contributed by atoms with Gasteiger partial charge >= 0.3 is 6.18 Å². The predicted octanol–water partition coefficient (Wildman–Crippen LogP) is 2.46. The summed E-state index contributed by atoms with van der Waals surface area (Å²) in [5.41, 5.74) is 1.41. The van der Waals surface area contributed by atoms with Gasteiger partial charge in [-0.2, -0.15) is 13.2 Å². The molecule has 0 unspecified atom stereocenters. The molecule has 0 atom stereocenters. The molecule has 0 aromatic heterocycles. The summed E-state index contributed by atoms with van der Waals surface area (Å²) in [7, 11) is -4.46. The number of alkyl halides is 3. The molecule has 0 bridgehead atoms. The fraction of sp³-hybridized carbons (Fsp3) is 0.263. The number of hydrogen-bond donors (Lipinski definition) is 3. The summed E-state index contributed by atoms with van der Waals surface area (Å²) in [6, 6.07) is 11.7. The zero-order chi connectivity index (χ0) is 22.4. The molecule has 0 aliphatic heterocycles. The SMILES string of the molecule is CCc1ccccc1NC(=O)CNC(=O)c1cccc(S(=O)(=O)NCC(F)(F)F)c1. The summed E-state index contributed by atoms with van der Waals surface area (Å²) in [4.78, 5) is 23.8. The maximum atomic E-state index is 12.3. The first-order valence-electron chi connectivity index (χ1n) is 8.84. The van der Waals surface area contributed by atoms with Gasteiger partial charge in [0.2, 0.25) is 15.9 Å². The van der Waals surface area contributed by atoms with Gasteiger partial charge in [-0.3, -0.25) is 9.59 Å². The van der Waals surface area contributed by atoms with Crippen molar-refractivity contribution in [1.82, 2.24) is 10.0 Å². The van der Waals surface area contributed by atoms with Crippen molar-refractivity contribution in [2.24, 2.45) is 0 Å². The Morgan fingerprint density at radius 3 is 2.40 bits per heavy atom. The molecule has 2 aromatic carbocycles. The molecule has 0 heterocycles. The Kier molecular flexibility index (Phi) is 7.57. The Balaban J connectivity index is 2.00. The van der Waals surface area contributed by atoms with Crippen molar-refractivity contribution in [2.75, 3.05) is 18.4 Å². The Hall–Kier alpha value is -2.92. The molecule has 0 radical (unpaired) electrons. The third-order valence-corrected chi connectivity index (χ3v) is 5.35. The number of carbonyl (C=O) groups excluding carboxylic acids is 2. The summed E-state index contributed by atoms with van der Waals surface area (Å²) in [5.74, 6) is -1.23. The summed E-state index contributed by atoms with van der Waals surface area (Å²) in [6.07, 6.45) is -4.02. The van der Waals surface area contributed by atoms with E-state index in [1.807, 2.05) is 19.1 Å². The van der Waals surface area contributed by atoms with E-state index < -0.39 is 39.5 Å². The van der Waals surface area contributed by atoms with Gasteiger partial charge < -0.3 is 10.6 Å². The van der Waals surface area contributed by atoms with Crippen LogP contribution >= 0.6 is 0 Å². The second-order valence-corrected chi connectivity index (χ2v) is 7.98. The fourth-order valence-corrected chi connectivity index (χ4v) is 3.53. The summed E-state index contributed by atoms with van der Waals surface area (Å²) in [5, 5.41) is 5.01. The standard InChI is InChI=1S/C19H20F3N3O4S/c1-2-13-6-3-4-9-16(13)25-17(26)11-23-18(27)14-7-5-8-15(10-14)30(28,29)24-12-19(20,21)22/h3-10,24H,2,11-12H2,1H3,(H,23,27)(H,25,26). The molecule has 2 aromatic rings. The van der Waals surface area contributed by atoms with E-state index in [0.717, 1.165) is 17.7 Å². The van der Waals surface area contributed by atoms with Crippen LogP contribution in [0.4, 0.5) is 18.9 Å². The second-order valence-electron chi connectivity index (χ2n) is 6.21. The quantitative estimate of drug-likeness (QED) is 0.583. The number of benzene rings is 2. The van der Waals surface area contributed by atoms with Crippen molar-refractivity contribution in [3.63, 3.8) is 0 Å². The normalized spacial score (nSPS) is 11.7. The van der Waals surface area contributed by atoms with Crippen molar-refractivity contribution in [2.45, 2.75) is 24.4 Å². The minimum atomic E-state index is -4.72. The third-order valence-electron chi connectivity index (χ3n) is 3.95. The lowest BCUT2D eigenvalue weighted by Crippen LogP contribution is -2.34. The minimum absolute atomic E-state index is 0.119. The van der Waals surface area contributed by atoms with Gasteiger partial charge in [-0.25, -0.2) is 13.1 Å². The van der Waals surface area contributed by atoms with Crippen LogP contribution in [-0.2, 0) is 21.2 Å². The van der Waals surface area contributed by atoms with Crippen LogP contribution in [0, 0.1) is 0 Å². The highest BCUT2D eigenvalue weighted by molar-refractivity contribution is 7.89. The molecule has 0 saturated heterocycles. The maximum Gasteiger partial charge on any atom is 0.402 e. The van der Waals surface area contributed by atoms with Crippen molar-refractivity contribution in [3.8, 4) is 0 Å². The lowest BCUT2D eigenvalue weighted by atomic mass is 10.1. The molecule has 2 rings (SSSR count). The number of aryl methyl sites for hydroxylation is 1. The van der Waals surface area contributed by atoms with Gasteiger partial charge in [-0.1, -0.05) is 31.2 Å². The molecule has 0 aliphatic carbocycles. The number of nitrogens with one attached hydrogen (secondary N) is 3. The molecule has 0 aliphatic rings. The van der Waals surface area contributed by atoms with Crippen LogP contribution in [-0.4, -0.2) is 39.5 Å². The fourth-order valence-electron chi connectivity index (χ4n) is 2.47. The molecule has 0 saturated carbocycles. The third kappa shape index (κ3) is 6.85. The number of carbonyl (C=O) groups is 2.